The lowest BCUT2D eigenvalue weighted by molar-refractivity contribution is -0.485. The Balaban J connectivity index is 3.10. The first-order chi connectivity index (χ1) is 7.86. The Bertz CT molecular complexity index is 411. The minimum absolute atomic E-state index is 0.0949. The highest BCUT2D eigenvalue weighted by Crippen LogP contribution is 2.34. The van der Waals surface area contributed by atoms with E-state index in [1.54, 1.807) is 26.0 Å². The highest BCUT2D eigenvalue weighted by atomic mass is 16.6. The Kier molecular flexibility index (Phi) is 3.83. The number of rotatable bonds is 5. The summed E-state index contributed by atoms with van der Waals surface area (Å²) in [7, 11) is 0. The maximum atomic E-state index is 11.0. The van der Waals surface area contributed by atoms with Crippen molar-refractivity contribution in [2.75, 3.05) is 6.54 Å². The van der Waals surface area contributed by atoms with Crippen molar-refractivity contribution in [3.05, 3.63) is 39.9 Å². The van der Waals surface area contributed by atoms with Crippen LogP contribution in [0, 0.1) is 15.5 Å². The van der Waals surface area contributed by atoms with Gasteiger partial charge < -0.3 is 9.90 Å². The Morgan fingerprint density at radius 2 is 1.94 bits per heavy atom. The van der Waals surface area contributed by atoms with E-state index >= 15 is 0 Å². The molecule has 5 nitrogen and oxygen atoms in total. The van der Waals surface area contributed by atoms with Gasteiger partial charge in [-0.3, -0.25) is 10.1 Å². The van der Waals surface area contributed by atoms with Crippen molar-refractivity contribution in [2.24, 2.45) is 5.41 Å². The molecule has 1 atom stereocenters. The first kappa shape index (κ1) is 13.2. The molecule has 0 saturated heterocycles. The number of benzene rings is 1. The Morgan fingerprint density at radius 1 is 1.41 bits per heavy atom. The molecule has 1 aromatic carbocycles. The van der Waals surface area contributed by atoms with E-state index in [2.05, 4.69) is 0 Å². The summed E-state index contributed by atoms with van der Waals surface area (Å²) in [5, 5.41) is 19.8. The predicted molar refractivity (Wildman–Crippen MR) is 62.6 cm³/mol. The second-order valence-electron chi connectivity index (χ2n) is 4.60. The lowest BCUT2D eigenvalue weighted by Gasteiger charge is -2.26. The molecule has 0 amide bonds. The average Bonchev–Trinajstić information content (AvgIpc) is 2.27. The molecule has 0 fully saturated rings. The summed E-state index contributed by atoms with van der Waals surface area (Å²) in [5.41, 5.74) is -0.138. The summed E-state index contributed by atoms with van der Waals surface area (Å²) < 4.78 is 0. The first-order valence-corrected chi connectivity index (χ1v) is 5.24. The van der Waals surface area contributed by atoms with Crippen molar-refractivity contribution in [3.8, 4) is 5.75 Å². The summed E-state index contributed by atoms with van der Waals surface area (Å²) in [6.07, 6.45) is 0.730. The number of hydrogen-bond donors (Lipinski definition) is 1. The smallest absolute Gasteiger partial charge is 0.211 e. The molecule has 0 radical (unpaired) electrons. The summed E-state index contributed by atoms with van der Waals surface area (Å²) >= 11 is 0. The van der Waals surface area contributed by atoms with E-state index in [1.165, 1.54) is 12.1 Å². The normalized spacial score (nSPS) is 13.1. The highest BCUT2D eigenvalue weighted by molar-refractivity contribution is 5.60. The number of carbonyl (C=O) groups is 1. The molecule has 0 bridgehead atoms. The zero-order chi connectivity index (χ0) is 13.1. The van der Waals surface area contributed by atoms with Gasteiger partial charge in [0.15, 0.2) is 0 Å². The van der Waals surface area contributed by atoms with Gasteiger partial charge in [-0.25, -0.2) is 0 Å². The van der Waals surface area contributed by atoms with Crippen LogP contribution in [-0.2, 0) is 4.79 Å². The molecule has 1 N–H and O–H groups in total. The molecule has 0 unspecified atom stereocenters. The number of phenolic OH excluding ortho intramolecular Hbond substituents is 1. The van der Waals surface area contributed by atoms with Crippen LogP contribution in [0.15, 0.2) is 24.3 Å². The SMILES string of the molecule is CC(C)(C=O)[C@H](C[N+](=O)[O-])c1ccc(O)cc1. The van der Waals surface area contributed by atoms with Gasteiger partial charge in [-0.15, -0.1) is 0 Å². The summed E-state index contributed by atoms with van der Waals surface area (Å²) in [6.45, 7) is 3.03. The molecule has 0 spiro atoms. The van der Waals surface area contributed by atoms with E-state index in [-0.39, 0.29) is 12.3 Å². The zero-order valence-electron chi connectivity index (χ0n) is 9.79. The largest absolute Gasteiger partial charge is 0.508 e. The molecule has 1 aromatic rings. The van der Waals surface area contributed by atoms with Gasteiger partial charge in [0.05, 0.1) is 5.92 Å². The lowest BCUT2D eigenvalue weighted by Crippen LogP contribution is -2.29. The molecular formula is C12H15NO4. The molecule has 0 saturated carbocycles. The first-order valence-electron chi connectivity index (χ1n) is 5.24. The van der Waals surface area contributed by atoms with Crippen LogP contribution >= 0.6 is 0 Å². The van der Waals surface area contributed by atoms with Crippen LogP contribution < -0.4 is 0 Å². The van der Waals surface area contributed by atoms with E-state index in [1.807, 2.05) is 0 Å². The van der Waals surface area contributed by atoms with Crippen LogP contribution in [0.4, 0.5) is 0 Å². The third-order valence-corrected chi connectivity index (χ3v) is 2.83. The molecule has 92 valence electrons. The van der Waals surface area contributed by atoms with Gasteiger partial charge in [-0.2, -0.15) is 0 Å². The fourth-order valence-corrected chi connectivity index (χ4v) is 1.71. The standard InChI is InChI=1S/C12H15NO4/c1-12(2,8-14)11(7-13(16)17)9-3-5-10(15)6-4-9/h3-6,8,11,15H,7H2,1-2H3/t11-/m1/s1. The van der Waals surface area contributed by atoms with Crippen LogP contribution in [0.2, 0.25) is 0 Å². The van der Waals surface area contributed by atoms with E-state index in [0.29, 0.717) is 5.56 Å². The van der Waals surface area contributed by atoms with Gasteiger partial charge in [0, 0.05) is 10.3 Å². The van der Waals surface area contributed by atoms with Gasteiger partial charge in [0.25, 0.3) is 0 Å². The molecule has 0 aromatic heterocycles. The van der Waals surface area contributed by atoms with E-state index in [9.17, 15) is 20.0 Å². The zero-order valence-corrected chi connectivity index (χ0v) is 9.79. The summed E-state index contributed by atoms with van der Waals surface area (Å²) in [4.78, 5) is 21.2. The van der Waals surface area contributed by atoms with Gasteiger partial charge in [0.1, 0.15) is 12.0 Å². The van der Waals surface area contributed by atoms with Crippen LogP contribution in [0.1, 0.15) is 25.3 Å². The fourth-order valence-electron chi connectivity index (χ4n) is 1.71. The van der Waals surface area contributed by atoms with Crippen molar-refractivity contribution in [3.63, 3.8) is 0 Å². The van der Waals surface area contributed by atoms with E-state index < -0.39 is 16.3 Å². The van der Waals surface area contributed by atoms with Crippen LogP contribution in [0.5, 0.6) is 5.75 Å². The minimum atomic E-state index is -0.815. The number of nitrogens with zero attached hydrogens (tertiary/aromatic N) is 1. The molecular weight excluding hydrogens is 222 g/mol. The number of aromatic hydroxyl groups is 1. The van der Waals surface area contributed by atoms with Crippen molar-refractivity contribution in [2.45, 2.75) is 19.8 Å². The lowest BCUT2D eigenvalue weighted by atomic mass is 9.76. The molecule has 0 aliphatic carbocycles. The van der Waals surface area contributed by atoms with Crippen molar-refractivity contribution in [1.82, 2.24) is 0 Å². The van der Waals surface area contributed by atoms with Gasteiger partial charge >= 0.3 is 0 Å². The monoisotopic (exact) mass is 237 g/mol. The van der Waals surface area contributed by atoms with E-state index in [0.717, 1.165) is 6.29 Å². The minimum Gasteiger partial charge on any atom is -0.508 e. The number of aldehydes is 1. The molecule has 1 rings (SSSR count). The van der Waals surface area contributed by atoms with Crippen molar-refractivity contribution in [1.29, 1.82) is 0 Å². The van der Waals surface area contributed by atoms with Gasteiger partial charge in [0.2, 0.25) is 6.54 Å². The van der Waals surface area contributed by atoms with Crippen LogP contribution in [0.25, 0.3) is 0 Å². The quantitative estimate of drug-likeness (QED) is 0.482. The molecule has 0 aliphatic rings. The maximum Gasteiger partial charge on any atom is 0.211 e. The fraction of sp³-hybridized carbons (Fsp3) is 0.417. The third kappa shape index (κ3) is 3.27. The Labute approximate surface area is 99.2 Å². The van der Waals surface area contributed by atoms with Gasteiger partial charge in [-0.05, 0) is 17.7 Å². The number of hydrogen-bond acceptors (Lipinski definition) is 4. The van der Waals surface area contributed by atoms with Crippen LogP contribution in [0.3, 0.4) is 0 Å². The molecule has 5 heteroatoms. The third-order valence-electron chi connectivity index (χ3n) is 2.83. The number of carbonyl (C=O) groups excluding carboxylic acids is 1. The molecule has 17 heavy (non-hydrogen) atoms. The van der Waals surface area contributed by atoms with Crippen molar-refractivity contribution < 1.29 is 14.8 Å². The van der Waals surface area contributed by atoms with Crippen LogP contribution in [-0.4, -0.2) is 22.9 Å². The molecule has 0 heterocycles. The van der Waals surface area contributed by atoms with Gasteiger partial charge in [-0.1, -0.05) is 26.0 Å². The van der Waals surface area contributed by atoms with Crippen molar-refractivity contribution >= 4 is 6.29 Å². The summed E-state index contributed by atoms with van der Waals surface area (Å²) in [5.74, 6) is -0.409. The highest BCUT2D eigenvalue weighted by Gasteiger charge is 2.34. The average molecular weight is 237 g/mol. The molecule has 0 aliphatic heterocycles. The predicted octanol–water partition coefficient (Wildman–Crippen LogP) is 1.98. The maximum absolute atomic E-state index is 11.0. The Morgan fingerprint density at radius 3 is 2.35 bits per heavy atom. The number of nitro groups is 1. The number of phenols is 1. The second-order valence-corrected chi connectivity index (χ2v) is 4.60. The summed E-state index contributed by atoms with van der Waals surface area (Å²) in [6, 6.07) is 6.13. The van der Waals surface area contributed by atoms with E-state index in [4.69, 9.17) is 0 Å². The Hall–Kier alpha value is -1.91. The topological polar surface area (TPSA) is 80.4 Å². The second kappa shape index (κ2) is 4.95.